The van der Waals surface area contributed by atoms with Crippen molar-refractivity contribution in [3.63, 3.8) is 0 Å². The molecule has 1 aromatic heterocycles. The maximum absolute atomic E-state index is 12.7. The van der Waals surface area contributed by atoms with E-state index in [0.717, 1.165) is 11.3 Å². The van der Waals surface area contributed by atoms with E-state index in [1.54, 1.807) is 24.7 Å². The van der Waals surface area contributed by atoms with Gasteiger partial charge in [-0.25, -0.2) is 5.01 Å². The van der Waals surface area contributed by atoms with Crippen LogP contribution in [-0.4, -0.2) is 42.7 Å². The summed E-state index contributed by atoms with van der Waals surface area (Å²) in [5.41, 5.74) is 3.02. The van der Waals surface area contributed by atoms with Gasteiger partial charge in [-0.15, -0.1) is 0 Å². The van der Waals surface area contributed by atoms with E-state index in [-0.39, 0.29) is 30.9 Å². The molecule has 26 heavy (non-hydrogen) atoms. The van der Waals surface area contributed by atoms with Gasteiger partial charge in [0, 0.05) is 13.5 Å². The monoisotopic (exact) mass is 355 g/mol. The second kappa shape index (κ2) is 7.97. The summed E-state index contributed by atoms with van der Waals surface area (Å²) in [5, 5.41) is 10.2. The maximum atomic E-state index is 12.7. The molecule has 2 amide bonds. The Balaban J connectivity index is 1.77. The van der Waals surface area contributed by atoms with E-state index < -0.39 is 0 Å². The van der Waals surface area contributed by atoms with Gasteiger partial charge in [0.05, 0.1) is 12.0 Å². The number of quaternary nitrogens is 1. The number of hydrazone groups is 1. The Morgan fingerprint density at radius 1 is 1.27 bits per heavy atom. The number of carbonyl (C=O) groups excluding carboxylic acids is 2. The molecule has 1 aliphatic rings. The highest BCUT2D eigenvalue weighted by Crippen LogP contribution is 2.32. The van der Waals surface area contributed by atoms with Gasteiger partial charge >= 0.3 is 0 Å². The molecule has 0 bridgehead atoms. The fourth-order valence-corrected chi connectivity index (χ4v) is 2.89. The number of amides is 2. The summed E-state index contributed by atoms with van der Waals surface area (Å²) in [7, 11) is 1.57. The first-order valence-electron chi connectivity index (χ1n) is 8.60. The number of nitrogens with one attached hydrogen (secondary N) is 1. The van der Waals surface area contributed by atoms with Gasteiger partial charge in [-0.3, -0.25) is 9.59 Å². The minimum Gasteiger partial charge on any atom is -0.467 e. The number of hydrogen-bond acceptors (Lipinski definition) is 4. The molecule has 136 valence electrons. The molecule has 0 saturated carbocycles. The van der Waals surface area contributed by atoms with Crippen LogP contribution in [-0.2, 0) is 9.59 Å². The third-order valence-corrected chi connectivity index (χ3v) is 4.35. The molecule has 1 aromatic carbocycles. The van der Waals surface area contributed by atoms with Crippen molar-refractivity contribution in [2.24, 2.45) is 5.10 Å². The number of aryl methyl sites for hydroxylation is 1. The first-order chi connectivity index (χ1) is 12.6. The van der Waals surface area contributed by atoms with Gasteiger partial charge < -0.3 is 15.1 Å². The fourth-order valence-electron chi connectivity index (χ4n) is 2.89. The molecule has 7 nitrogen and oxygen atoms in total. The SMILES string of the molecule is CNC(=O)C[NH2+]CC(=O)N1N=C(c2ccc(C)cc2)C[C@@H]1c1ccco1. The maximum Gasteiger partial charge on any atom is 0.298 e. The van der Waals surface area contributed by atoms with Crippen LogP contribution in [0.4, 0.5) is 0 Å². The molecular formula is C19H23N4O3+. The van der Waals surface area contributed by atoms with Crippen LogP contribution in [0.2, 0.25) is 0 Å². The number of rotatable bonds is 6. The summed E-state index contributed by atoms with van der Waals surface area (Å²) in [5.74, 6) is 0.429. The van der Waals surface area contributed by atoms with E-state index in [0.29, 0.717) is 12.2 Å². The van der Waals surface area contributed by atoms with Gasteiger partial charge in [0.1, 0.15) is 11.8 Å². The highest BCUT2D eigenvalue weighted by atomic mass is 16.3. The minimum atomic E-state index is -0.262. The summed E-state index contributed by atoms with van der Waals surface area (Å²) in [6.07, 6.45) is 2.19. The molecule has 0 spiro atoms. The Labute approximate surface area is 152 Å². The smallest absolute Gasteiger partial charge is 0.298 e. The van der Waals surface area contributed by atoms with Gasteiger partial charge in [0.25, 0.3) is 11.8 Å². The molecule has 0 unspecified atom stereocenters. The van der Waals surface area contributed by atoms with Crippen LogP contribution in [0.3, 0.4) is 0 Å². The van der Waals surface area contributed by atoms with E-state index in [1.165, 1.54) is 10.6 Å². The first kappa shape index (κ1) is 17.9. The third-order valence-electron chi connectivity index (χ3n) is 4.35. The first-order valence-corrected chi connectivity index (χ1v) is 8.60. The second-order valence-corrected chi connectivity index (χ2v) is 6.26. The van der Waals surface area contributed by atoms with E-state index in [1.807, 2.05) is 37.3 Å². The fraction of sp³-hybridized carbons (Fsp3) is 0.316. The molecule has 7 heteroatoms. The van der Waals surface area contributed by atoms with Crippen molar-refractivity contribution in [3.8, 4) is 0 Å². The van der Waals surface area contributed by atoms with Gasteiger partial charge in [0.2, 0.25) is 0 Å². The van der Waals surface area contributed by atoms with E-state index in [4.69, 9.17) is 4.42 Å². The zero-order valence-electron chi connectivity index (χ0n) is 14.9. The number of benzene rings is 1. The zero-order chi connectivity index (χ0) is 18.5. The Kier molecular flexibility index (Phi) is 5.48. The van der Waals surface area contributed by atoms with Crippen LogP contribution < -0.4 is 10.6 Å². The summed E-state index contributed by atoms with van der Waals surface area (Å²) in [6, 6.07) is 11.5. The van der Waals surface area contributed by atoms with Crippen molar-refractivity contribution in [3.05, 3.63) is 59.5 Å². The van der Waals surface area contributed by atoms with Gasteiger partial charge in [0.15, 0.2) is 13.1 Å². The van der Waals surface area contributed by atoms with Crippen molar-refractivity contribution in [1.29, 1.82) is 0 Å². The van der Waals surface area contributed by atoms with Crippen LogP contribution in [0.25, 0.3) is 0 Å². The van der Waals surface area contributed by atoms with Gasteiger partial charge in [-0.05, 0) is 24.6 Å². The predicted octanol–water partition coefficient (Wildman–Crippen LogP) is 0.575. The highest BCUT2D eigenvalue weighted by molar-refractivity contribution is 6.03. The molecule has 0 aliphatic carbocycles. The van der Waals surface area contributed by atoms with Gasteiger partial charge in [-0.2, -0.15) is 5.10 Å². The summed E-state index contributed by atoms with van der Waals surface area (Å²) < 4.78 is 5.52. The summed E-state index contributed by atoms with van der Waals surface area (Å²) >= 11 is 0. The second-order valence-electron chi connectivity index (χ2n) is 6.26. The molecule has 0 saturated heterocycles. The largest absolute Gasteiger partial charge is 0.467 e. The highest BCUT2D eigenvalue weighted by Gasteiger charge is 2.35. The van der Waals surface area contributed by atoms with Crippen LogP contribution in [0.5, 0.6) is 0 Å². The number of nitrogens with zero attached hydrogens (tertiary/aromatic N) is 2. The molecule has 3 N–H and O–H groups in total. The lowest BCUT2D eigenvalue weighted by atomic mass is 10.0. The molecule has 1 atom stereocenters. The van der Waals surface area contributed by atoms with Crippen molar-refractivity contribution in [2.45, 2.75) is 19.4 Å². The number of carbonyl (C=O) groups is 2. The van der Waals surface area contributed by atoms with Crippen molar-refractivity contribution in [1.82, 2.24) is 10.3 Å². The zero-order valence-corrected chi connectivity index (χ0v) is 14.9. The quantitative estimate of drug-likeness (QED) is 0.794. The predicted molar refractivity (Wildman–Crippen MR) is 96.4 cm³/mol. The van der Waals surface area contributed by atoms with Gasteiger partial charge in [-0.1, -0.05) is 29.8 Å². The standard InChI is InChI=1S/C19H22N4O3/c1-13-5-7-14(8-6-13)15-10-16(17-4-3-9-26-17)23(22-15)19(25)12-21-11-18(24)20-2/h3-9,16,21H,10-12H2,1-2H3,(H,20,24)/p+1/t16-/m1/s1. The molecule has 1 aliphatic heterocycles. The lowest BCUT2D eigenvalue weighted by Gasteiger charge is -2.18. The van der Waals surface area contributed by atoms with Crippen molar-refractivity contribution >= 4 is 17.5 Å². The average molecular weight is 355 g/mol. The summed E-state index contributed by atoms with van der Waals surface area (Å²) in [6.45, 7) is 2.38. The number of hydrogen-bond donors (Lipinski definition) is 2. The molecule has 0 fully saturated rings. The van der Waals surface area contributed by atoms with Crippen LogP contribution in [0.1, 0.15) is 29.3 Å². The normalized spacial score (nSPS) is 16.5. The number of nitrogens with two attached hydrogens (primary N) is 1. The van der Waals surface area contributed by atoms with Crippen molar-refractivity contribution < 1.29 is 19.3 Å². The molecule has 2 aromatic rings. The average Bonchev–Trinajstić information content (AvgIpc) is 3.31. The molecular weight excluding hydrogens is 332 g/mol. The lowest BCUT2D eigenvalue weighted by Crippen LogP contribution is -2.88. The van der Waals surface area contributed by atoms with Crippen LogP contribution in [0.15, 0.2) is 52.2 Å². The van der Waals surface area contributed by atoms with E-state index in [2.05, 4.69) is 10.4 Å². The lowest BCUT2D eigenvalue weighted by molar-refractivity contribution is -0.633. The number of likely N-dealkylation sites (N-methyl/N-ethyl adjacent to an activating group) is 1. The Bertz CT molecular complexity index is 797. The minimum absolute atomic E-state index is 0.120. The third kappa shape index (κ3) is 4.00. The number of furan rings is 1. The topological polar surface area (TPSA) is 91.5 Å². The molecule has 0 radical (unpaired) electrons. The summed E-state index contributed by atoms with van der Waals surface area (Å²) in [4.78, 5) is 24.0. The van der Waals surface area contributed by atoms with E-state index >= 15 is 0 Å². The molecule has 3 rings (SSSR count). The van der Waals surface area contributed by atoms with Crippen LogP contribution in [0, 0.1) is 6.92 Å². The Morgan fingerprint density at radius 3 is 2.69 bits per heavy atom. The van der Waals surface area contributed by atoms with Crippen molar-refractivity contribution in [2.75, 3.05) is 20.1 Å². The van der Waals surface area contributed by atoms with E-state index in [9.17, 15) is 9.59 Å². The molecule has 2 heterocycles. The van der Waals surface area contributed by atoms with Crippen LogP contribution >= 0.6 is 0 Å². The Morgan fingerprint density at radius 2 is 2.04 bits per heavy atom. The Hall–Kier alpha value is -2.93.